The van der Waals surface area contributed by atoms with Crippen LogP contribution in [0.1, 0.15) is 35.1 Å². The number of thiophene rings is 1. The van der Waals surface area contributed by atoms with Gasteiger partial charge in [-0.3, -0.25) is 0 Å². The highest BCUT2D eigenvalue weighted by Gasteiger charge is 2.56. The first-order valence-corrected chi connectivity index (χ1v) is 7.76. The standard InChI is InChI=1S/C13H18BrNS/c1-7-10(14)6-11(16-7)13(15-2)12-8-4-3-5-9(8)12/h6,8-9,12-13,15H,3-5H2,1-2H3. The Hall–Kier alpha value is 0.140. The van der Waals surface area contributed by atoms with Crippen molar-refractivity contribution >= 4 is 27.3 Å². The molecule has 3 unspecified atom stereocenters. The Balaban J connectivity index is 1.81. The van der Waals surface area contributed by atoms with Crippen LogP contribution in [0.5, 0.6) is 0 Å². The number of nitrogens with one attached hydrogen (secondary N) is 1. The summed E-state index contributed by atoms with van der Waals surface area (Å²) in [6.07, 6.45) is 4.41. The first-order chi connectivity index (χ1) is 7.72. The molecule has 1 heterocycles. The van der Waals surface area contributed by atoms with Gasteiger partial charge < -0.3 is 5.32 Å². The van der Waals surface area contributed by atoms with Crippen molar-refractivity contribution in [3.63, 3.8) is 0 Å². The SMILES string of the molecule is CNC(c1cc(Br)c(C)s1)C1C2CCCC21. The van der Waals surface area contributed by atoms with E-state index in [-0.39, 0.29) is 0 Å². The summed E-state index contributed by atoms with van der Waals surface area (Å²) in [5, 5.41) is 3.54. The maximum atomic E-state index is 3.63. The number of fused-ring (bicyclic) bond motifs is 1. The van der Waals surface area contributed by atoms with Gasteiger partial charge in [0.1, 0.15) is 0 Å². The Morgan fingerprint density at radius 1 is 1.44 bits per heavy atom. The van der Waals surface area contributed by atoms with Crippen LogP contribution in [0.3, 0.4) is 0 Å². The van der Waals surface area contributed by atoms with Crippen LogP contribution in [0.4, 0.5) is 0 Å². The van der Waals surface area contributed by atoms with E-state index in [0.29, 0.717) is 6.04 Å². The van der Waals surface area contributed by atoms with Crippen molar-refractivity contribution in [2.45, 2.75) is 32.2 Å². The summed E-state index contributed by atoms with van der Waals surface area (Å²) < 4.78 is 1.28. The van der Waals surface area contributed by atoms with E-state index in [2.05, 4.69) is 41.3 Å². The van der Waals surface area contributed by atoms with Crippen molar-refractivity contribution in [1.82, 2.24) is 5.32 Å². The lowest BCUT2D eigenvalue weighted by Gasteiger charge is -2.16. The van der Waals surface area contributed by atoms with Crippen LogP contribution in [0.2, 0.25) is 0 Å². The van der Waals surface area contributed by atoms with Crippen LogP contribution in [-0.4, -0.2) is 7.05 Å². The molecule has 0 radical (unpaired) electrons. The summed E-state index contributed by atoms with van der Waals surface area (Å²) in [6, 6.07) is 2.92. The fraction of sp³-hybridized carbons (Fsp3) is 0.692. The Bertz CT molecular complexity index is 371. The van der Waals surface area contributed by atoms with Crippen molar-refractivity contribution in [3.8, 4) is 0 Å². The molecule has 1 N–H and O–H groups in total. The number of aryl methyl sites for hydroxylation is 1. The lowest BCUT2D eigenvalue weighted by atomic mass is 10.0. The number of hydrogen-bond donors (Lipinski definition) is 1. The Kier molecular flexibility index (Phi) is 2.89. The molecule has 3 heteroatoms. The first-order valence-electron chi connectivity index (χ1n) is 6.15. The Labute approximate surface area is 110 Å². The molecule has 88 valence electrons. The van der Waals surface area contributed by atoms with Crippen molar-refractivity contribution in [2.75, 3.05) is 7.05 Å². The van der Waals surface area contributed by atoms with Crippen molar-refractivity contribution in [3.05, 3.63) is 20.3 Å². The average molecular weight is 300 g/mol. The average Bonchev–Trinajstić information content (AvgIpc) is 2.63. The molecule has 0 aliphatic heterocycles. The predicted molar refractivity (Wildman–Crippen MR) is 72.9 cm³/mol. The minimum absolute atomic E-state index is 0.602. The summed E-state index contributed by atoms with van der Waals surface area (Å²) >= 11 is 5.57. The fourth-order valence-corrected chi connectivity index (χ4v) is 5.26. The maximum Gasteiger partial charge on any atom is 0.0447 e. The van der Waals surface area contributed by atoms with Gasteiger partial charge in [-0.05, 0) is 66.6 Å². The topological polar surface area (TPSA) is 12.0 Å². The molecule has 3 atom stereocenters. The van der Waals surface area contributed by atoms with Gasteiger partial charge in [0.15, 0.2) is 0 Å². The molecule has 0 amide bonds. The molecule has 3 rings (SSSR count). The van der Waals surface area contributed by atoms with Gasteiger partial charge in [0.05, 0.1) is 0 Å². The summed E-state index contributed by atoms with van der Waals surface area (Å²) in [6.45, 7) is 2.19. The Morgan fingerprint density at radius 2 is 2.12 bits per heavy atom. The third kappa shape index (κ3) is 1.68. The van der Waals surface area contributed by atoms with Gasteiger partial charge in [-0.15, -0.1) is 11.3 Å². The largest absolute Gasteiger partial charge is 0.312 e. The van der Waals surface area contributed by atoms with Gasteiger partial charge in [0.25, 0.3) is 0 Å². The zero-order valence-corrected chi connectivity index (χ0v) is 12.2. The van der Waals surface area contributed by atoms with Gasteiger partial charge in [-0.25, -0.2) is 0 Å². The van der Waals surface area contributed by atoms with Gasteiger partial charge in [-0.1, -0.05) is 6.42 Å². The molecule has 2 fully saturated rings. The van der Waals surface area contributed by atoms with Crippen molar-refractivity contribution < 1.29 is 0 Å². The third-order valence-electron chi connectivity index (χ3n) is 4.35. The number of rotatable bonds is 3. The summed E-state index contributed by atoms with van der Waals surface area (Å²) in [5.41, 5.74) is 0. The van der Waals surface area contributed by atoms with E-state index < -0.39 is 0 Å². The Morgan fingerprint density at radius 3 is 2.62 bits per heavy atom. The second-order valence-corrected chi connectivity index (χ2v) is 7.30. The van der Waals surface area contributed by atoms with Crippen LogP contribution in [-0.2, 0) is 0 Å². The minimum atomic E-state index is 0.602. The van der Waals surface area contributed by atoms with E-state index in [0.717, 1.165) is 17.8 Å². The highest BCUT2D eigenvalue weighted by molar-refractivity contribution is 9.10. The van der Waals surface area contributed by atoms with Crippen LogP contribution < -0.4 is 5.32 Å². The van der Waals surface area contributed by atoms with Gasteiger partial charge in [0.2, 0.25) is 0 Å². The quantitative estimate of drug-likeness (QED) is 0.885. The van der Waals surface area contributed by atoms with Crippen LogP contribution in [0.15, 0.2) is 10.5 Å². The molecule has 1 aromatic rings. The van der Waals surface area contributed by atoms with Crippen LogP contribution in [0.25, 0.3) is 0 Å². The molecule has 0 aromatic carbocycles. The zero-order chi connectivity index (χ0) is 11.3. The first kappa shape index (κ1) is 11.2. The monoisotopic (exact) mass is 299 g/mol. The van der Waals surface area contributed by atoms with Crippen molar-refractivity contribution in [1.29, 1.82) is 0 Å². The summed E-state index contributed by atoms with van der Waals surface area (Å²) in [4.78, 5) is 2.92. The lowest BCUT2D eigenvalue weighted by Crippen LogP contribution is -2.19. The molecule has 16 heavy (non-hydrogen) atoms. The van der Waals surface area contributed by atoms with E-state index >= 15 is 0 Å². The van der Waals surface area contributed by atoms with Gasteiger partial charge in [0, 0.05) is 20.3 Å². The van der Waals surface area contributed by atoms with E-state index in [9.17, 15) is 0 Å². The van der Waals surface area contributed by atoms with E-state index in [4.69, 9.17) is 0 Å². The van der Waals surface area contributed by atoms with E-state index in [1.165, 1.54) is 33.5 Å². The predicted octanol–water partition coefficient (Wildman–Crippen LogP) is 4.13. The van der Waals surface area contributed by atoms with Crippen molar-refractivity contribution in [2.24, 2.45) is 17.8 Å². The molecular formula is C13H18BrNS. The minimum Gasteiger partial charge on any atom is -0.312 e. The highest BCUT2D eigenvalue weighted by Crippen LogP contribution is 2.62. The third-order valence-corrected chi connectivity index (χ3v) is 6.57. The summed E-state index contributed by atoms with van der Waals surface area (Å²) in [5.74, 6) is 2.97. The van der Waals surface area contributed by atoms with E-state index in [1.54, 1.807) is 0 Å². The molecule has 1 nitrogen and oxygen atoms in total. The second-order valence-electron chi connectivity index (χ2n) is 5.16. The number of hydrogen-bond acceptors (Lipinski definition) is 2. The highest BCUT2D eigenvalue weighted by atomic mass is 79.9. The molecule has 2 aliphatic carbocycles. The molecule has 2 aliphatic rings. The maximum absolute atomic E-state index is 3.63. The lowest BCUT2D eigenvalue weighted by molar-refractivity contribution is 0.450. The molecule has 1 aromatic heterocycles. The second kappa shape index (κ2) is 4.11. The zero-order valence-electron chi connectivity index (χ0n) is 9.79. The van der Waals surface area contributed by atoms with Crippen LogP contribution in [0, 0.1) is 24.7 Å². The smallest absolute Gasteiger partial charge is 0.0447 e. The van der Waals surface area contributed by atoms with Crippen LogP contribution >= 0.6 is 27.3 Å². The van der Waals surface area contributed by atoms with Gasteiger partial charge in [-0.2, -0.15) is 0 Å². The molecule has 2 saturated carbocycles. The fourth-order valence-electron chi connectivity index (χ4n) is 3.53. The van der Waals surface area contributed by atoms with Gasteiger partial charge >= 0.3 is 0 Å². The normalized spacial score (nSPS) is 33.8. The van der Waals surface area contributed by atoms with E-state index in [1.807, 2.05) is 11.3 Å². The molecule has 0 spiro atoms. The number of halogens is 1. The molecular weight excluding hydrogens is 282 g/mol. The summed E-state index contributed by atoms with van der Waals surface area (Å²) in [7, 11) is 2.11. The molecule has 0 bridgehead atoms. The molecule has 0 saturated heterocycles.